The van der Waals surface area contributed by atoms with Crippen molar-refractivity contribution in [1.82, 2.24) is 9.97 Å². The van der Waals surface area contributed by atoms with Crippen LogP contribution in [-0.4, -0.2) is 9.97 Å². The Hall–Kier alpha value is -7.14. The maximum Gasteiger partial charge on any atom is 0.160 e. The van der Waals surface area contributed by atoms with Crippen LogP contribution in [0.5, 0.6) is 0 Å². The molecule has 0 aliphatic carbocycles. The molecule has 0 N–H and O–H groups in total. The van der Waals surface area contributed by atoms with E-state index in [-0.39, 0.29) is 0 Å². The van der Waals surface area contributed by atoms with Crippen LogP contribution in [0.2, 0.25) is 0 Å². The minimum Gasteiger partial charge on any atom is -0.456 e. The monoisotopic (exact) mass is 732 g/mol. The molecule has 4 heteroatoms. The topological polar surface area (TPSA) is 38.9 Å². The second-order valence-corrected chi connectivity index (χ2v) is 15.3. The minimum atomic E-state index is 0.698. The summed E-state index contributed by atoms with van der Waals surface area (Å²) in [6, 6.07) is 68.8. The van der Waals surface area contributed by atoms with Crippen molar-refractivity contribution in [3.8, 4) is 67.3 Å². The Kier molecular flexibility index (Phi) is 7.68. The smallest absolute Gasteiger partial charge is 0.160 e. The Labute approximate surface area is 327 Å². The number of fused-ring (bicyclic) bond motifs is 6. The molecule has 0 saturated heterocycles. The third-order valence-electron chi connectivity index (χ3n) is 10.7. The molecule has 0 saturated carbocycles. The highest BCUT2D eigenvalue weighted by Crippen LogP contribution is 2.40. The highest BCUT2D eigenvalue weighted by Gasteiger charge is 2.16. The van der Waals surface area contributed by atoms with Gasteiger partial charge in [0.05, 0.1) is 11.4 Å². The van der Waals surface area contributed by atoms with Crippen LogP contribution >= 0.6 is 11.3 Å². The van der Waals surface area contributed by atoms with Gasteiger partial charge in [-0.2, -0.15) is 0 Å². The van der Waals surface area contributed by atoms with E-state index in [2.05, 4.69) is 158 Å². The molecule has 11 aromatic rings. The van der Waals surface area contributed by atoms with Crippen LogP contribution in [0.25, 0.3) is 109 Å². The molecule has 8 aromatic carbocycles. The average molecular weight is 733 g/mol. The first-order chi connectivity index (χ1) is 27.7. The second-order valence-electron chi connectivity index (χ2n) is 14.2. The molecular weight excluding hydrogens is 701 g/mol. The lowest BCUT2D eigenvalue weighted by Crippen LogP contribution is -1.96. The predicted octanol–water partition coefficient (Wildman–Crippen LogP) is 14.7. The fourth-order valence-electron chi connectivity index (χ4n) is 7.87. The SMILES string of the molecule is c1ccc(-c2cc(-c3cc(-c4cccc(-c5ccc6oc7ccccc7c6c5)c4)cc(-c4ccc5sc6ccccc6c5c4)c3)nc(-c3ccccc3)n2)cc1. The molecule has 0 bridgehead atoms. The standard InChI is InChI=1S/C52H32N2OS/c1-3-12-33(13-4-1)46-32-47(54-52(53-46)34-14-5-2-6-15-34)41-28-39(27-40(29-41)38-23-25-51-45(31-38)43-19-8-10-21-50(43)56-51)36-17-11-16-35(26-36)37-22-24-49-44(30-37)42-18-7-9-20-48(42)55-49/h1-32H. The number of benzene rings is 8. The van der Waals surface area contributed by atoms with E-state index in [1.54, 1.807) is 0 Å². The lowest BCUT2D eigenvalue weighted by Gasteiger charge is -2.14. The Morgan fingerprint density at radius 1 is 0.304 bits per heavy atom. The number of rotatable bonds is 6. The minimum absolute atomic E-state index is 0.698. The summed E-state index contributed by atoms with van der Waals surface area (Å²) in [6.45, 7) is 0. The fourth-order valence-corrected chi connectivity index (χ4v) is 8.95. The van der Waals surface area contributed by atoms with Gasteiger partial charge >= 0.3 is 0 Å². The molecule has 0 fully saturated rings. The van der Waals surface area contributed by atoms with Crippen molar-refractivity contribution in [1.29, 1.82) is 0 Å². The first kappa shape index (κ1) is 32.3. The quantitative estimate of drug-likeness (QED) is 0.171. The zero-order valence-corrected chi connectivity index (χ0v) is 31.0. The van der Waals surface area contributed by atoms with Gasteiger partial charge in [0.25, 0.3) is 0 Å². The maximum absolute atomic E-state index is 6.16. The maximum atomic E-state index is 6.16. The molecule has 0 radical (unpaired) electrons. The summed E-state index contributed by atoms with van der Waals surface area (Å²) in [5.74, 6) is 0.698. The lowest BCUT2D eigenvalue weighted by atomic mass is 9.92. The van der Waals surface area contributed by atoms with Gasteiger partial charge in [-0.15, -0.1) is 11.3 Å². The molecule has 262 valence electrons. The number of thiophene rings is 1. The van der Waals surface area contributed by atoms with E-state index in [4.69, 9.17) is 14.4 Å². The van der Waals surface area contributed by atoms with E-state index in [0.717, 1.165) is 77.8 Å². The van der Waals surface area contributed by atoms with Gasteiger partial charge in [0, 0.05) is 47.6 Å². The molecule has 0 spiro atoms. The second kappa shape index (κ2) is 13.3. The summed E-state index contributed by atoms with van der Waals surface area (Å²) in [6.07, 6.45) is 0. The highest BCUT2D eigenvalue weighted by molar-refractivity contribution is 7.25. The van der Waals surface area contributed by atoms with Gasteiger partial charge in [-0.05, 0) is 100 Å². The first-order valence-corrected chi connectivity index (χ1v) is 19.6. The van der Waals surface area contributed by atoms with Gasteiger partial charge in [0.2, 0.25) is 0 Å². The summed E-state index contributed by atoms with van der Waals surface area (Å²) >= 11 is 1.84. The molecular formula is C52H32N2OS. The van der Waals surface area contributed by atoms with E-state index in [0.29, 0.717) is 5.82 Å². The van der Waals surface area contributed by atoms with Crippen LogP contribution in [0.15, 0.2) is 199 Å². The van der Waals surface area contributed by atoms with E-state index >= 15 is 0 Å². The van der Waals surface area contributed by atoms with E-state index in [1.807, 2.05) is 47.7 Å². The van der Waals surface area contributed by atoms with Gasteiger partial charge in [-0.25, -0.2) is 9.97 Å². The molecule has 56 heavy (non-hydrogen) atoms. The van der Waals surface area contributed by atoms with Crippen LogP contribution in [0, 0.1) is 0 Å². The van der Waals surface area contributed by atoms with Crippen molar-refractivity contribution in [3.63, 3.8) is 0 Å². The van der Waals surface area contributed by atoms with Crippen molar-refractivity contribution in [2.24, 2.45) is 0 Å². The summed E-state index contributed by atoms with van der Waals surface area (Å²) in [4.78, 5) is 10.3. The molecule has 3 heterocycles. The molecule has 0 aliphatic heterocycles. The molecule has 0 atom stereocenters. The normalized spacial score (nSPS) is 11.6. The summed E-state index contributed by atoms with van der Waals surface area (Å²) in [7, 11) is 0. The first-order valence-electron chi connectivity index (χ1n) is 18.8. The third kappa shape index (κ3) is 5.76. The molecule has 0 amide bonds. The lowest BCUT2D eigenvalue weighted by molar-refractivity contribution is 0.669. The van der Waals surface area contributed by atoms with Gasteiger partial charge < -0.3 is 4.42 Å². The van der Waals surface area contributed by atoms with Crippen LogP contribution < -0.4 is 0 Å². The van der Waals surface area contributed by atoms with Gasteiger partial charge in [-0.3, -0.25) is 0 Å². The van der Waals surface area contributed by atoms with E-state index in [1.165, 1.54) is 25.7 Å². The van der Waals surface area contributed by atoms with E-state index in [9.17, 15) is 0 Å². The fraction of sp³-hybridized carbons (Fsp3) is 0. The number of aromatic nitrogens is 2. The summed E-state index contributed by atoms with van der Waals surface area (Å²) in [5, 5.41) is 4.81. The molecule has 3 aromatic heterocycles. The molecule has 0 unspecified atom stereocenters. The largest absolute Gasteiger partial charge is 0.456 e. The van der Waals surface area contributed by atoms with Crippen molar-refractivity contribution in [2.45, 2.75) is 0 Å². The van der Waals surface area contributed by atoms with Crippen molar-refractivity contribution in [2.75, 3.05) is 0 Å². The number of nitrogens with zero attached hydrogens (tertiary/aromatic N) is 2. The predicted molar refractivity (Wildman–Crippen MR) is 235 cm³/mol. The highest BCUT2D eigenvalue weighted by atomic mass is 32.1. The van der Waals surface area contributed by atoms with Gasteiger partial charge in [-0.1, -0.05) is 127 Å². The van der Waals surface area contributed by atoms with Crippen LogP contribution in [-0.2, 0) is 0 Å². The number of para-hydroxylation sites is 1. The van der Waals surface area contributed by atoms with Crippen LogP contribution in [0.1, 0.15) is 0 Å². The zero-order chi connectivity index (χ0) is 37.0. The molecule has 3 nitrogen and oxygen atoms in total. The Bertz CT molecular complexity index is 3190. The summed E-state index contributed by atoms with van der Waals surface area (Å²) < 4.78 is 8.75. The van der Waals surface area contributed by atoms with Gasteiger partial charge in [0.1, 0.15) is 11.2 Å². The Morgan fingerprint density at radius 3 is 1.62 bits per heavy atom. The number of furan rings is 1. The van der Waals surface area contributed by atoms with Crippen LogP contribution in [0.4, 0.5) is 0 Å². The van der Waals surface area contributed by atoms with Gasteiger partial charge in [0.15, 0.2) is 5.82 Å². The third-order valence-corrected chi connectivity index (χ3v) is 11.8. The Balaban J connectivity index is 1.11. The van der Waals surface area contributed by atoms with Crippen molar-refractivity contribution < 1.29 is 4.42 Å². The summed E-state index contributed by atoms with van der Waals surface area (Å²) in [5.41, 5.74) is 13.5. The van der Waals surface area contributed by atoms with Crippen LogP contribution in [0.3, 0.4) is 0 Å². The van der Waals surface area contributed by atoms with Crippen molar-refractivity contribution >= 4 is 53.4 Å². The van der Waals surface area contributed by atoms with E-state index < -0.39 is 0 Å². The number of hydrogen-bond acceptors (Lipinski definition) is 4. The average Bonchev–Trinajstić information content (AvgIpc) is 3.84. The zero-order valence-electron chi connectivity index (χ0n) is 30.2. The molecule has 11 rings (SSSR count). The number of hydrogen-bond donors (Lipinski definition) is 0. The Morgan fingerprint density at radius 2 is 0.821 bits per heavy atom. The molecule has 0 aliphatic rings. The van der Waals surface area contributed by atoms with Crippen molar-refractivity contribution in [3.05, 3.63) is 194 Å².